The molecular weight excluding hydrogens is 682 g/mol. The van der Waals surface area contributed by atoms with Crippen molar-refractivity contribution in [1.82, 2.24) is 4.98 Å². The summed E-state index contributed by atoms with van der Waals surface area (Å²) in [5.74, 6) is -2.56. The van der Waals surface area contributed by atoms with Gasteiger partial charge in [0.2, 0.25) is 11.8 Å². The van der Waals surface area contributed by atoms with Gasteiger partial charge in [0, 0.05) is 33.5 Å². The van der Waals surface area contributed by atoms with Crippen molar-refractivity contribution in [2.75, 3.05) is 16.8 Å². The molecule has 0 radical (unpaired) electrons. The highest BCUT2D eigenvalue weighted by Crippen LogP contribution is 2.48. The van der Waals surface area contributed by atoms with Crippen LogP contribution in [-0.2, 0) is 9.59 Å². The number of phenols is 1. The molecule has 4 N–H and O–H groups in total. The zero-order valence-corrected chi connectivity index (χ0v) is 28.9. The third-order valence-corrected chi connectivity index (χ3v) is 9.97. The number of anilines is 3. The lowest BCUT2D eigenvalue weighted by Gasteiger charge is -2.36. The number of imide groups is 1. The molecule has 1 aromatic heterocycles. The number of para-hydroxylation sites is 1. The molecule has 0 saturated carbocycles. The number of phenolic OH excluding ortho intramolecular Hbond substituents is 1. The molecular formula is C40H40BrN3O5. The summed E-state index contributed by atoms with van der Waals surface area (Å²) in [6.45, 7) is 1.69. The van der Waals surface area contributed by atoms with Gasteiger partial charge in [-0.2, -0.15) is 0 Å². The van der Waals surface area contributed by atoms with Gasteiger partial charge in [0.15, 0.2) is 0 Å². The van der Waals surface area contributed by atoms with Crippen LogP contribution in [-0.4, -0.2) is 44.8 Å². The fraction of sp³-hybridized carbons (Fsp3) is 0.275. The quantitative estimate of drug-likeness (QED) is 0.0867. The number of fused-ring (bicyclic) bond motifs is 1. The second-order valence-electron chi connectivity index (χ2n) is 12.6. The van der Waals surface area contributed by atoms with Crippen LogP contribution in [0.25, 0.3) is 11.6 Å². The van der Waals surface area contributed by atoms with E-state index in [0.717, 1.165) is 39.1 Å². The van der Waals surface area contributed by atoms with Crippen LogP contribution < -0.4 is 10.2 Å². The number of aliphatic hydroxyl groups excluding tert-OH is 2. The molecule has 2 amide bonds. The Hall–Kier alpha value is -4.57. The van der Waals surface area contributed by atoms with E-state index in [0.29, 0.717) is 42.5 Å². The predicted molar refractivity (Wildman–Crippen MR) is 196 cm³/mol. The summed E-state index contributed by atoms with van der Waals surface area (Å²) >= 11 is 3.47. The van der Waals surface area contributed by atoms with Crippen molar-refractivity contribution in [3.63, 3.8) is 0 Å². The zero-order valence-electron chi connectivity index (χ0n) is 27.3. The minimum Gasteiger partial charge on any atom is -0.507 e. The van der Waals surface area contributed by atoms with Gasteiger partial charge in [-0.25, -0.2) is 0 Å². The molecule has 0 bridgehead atoms. The van der Waals surface area contributed by atoms with Gasteiger partial charge in [0.25, 0.3) is 0 Å². The van der Waals surface area contributed by atoms with E-state index < -0.39 is 23.9 Å². The van der Waals surface area contributed by atoms with Crippen LogP contribution in [0.5, 0.6) is 5.75 Å². The molecule has 49 heavy (non-hydrogen) atoms. The number of hydrogen-bond donors (Lipinski definition) is 4. The maximum atomic E-state index is 14.1. The zero-order chi connectivity index (χ0) is 34.5. The molecule has 8 nitrogen and oxygen atoms in total. The van der Waals surface area contributed by atoms with Gasteiger partial charge >= 0.3 is 0 Å². The van der Waals surface area contributed by atoms with E-state index in [9.17, 15) is 24.9 Å². The average Bonchev–Trinajstić information content (AvgIpc) is 3.37. The van der Waals surface area contributed by atoms with Crippen LogP contribution in [0.15, 0.2) is 113 Å². The normalized spacial score (nSPS) is 20.0. The number of aromatic hydroxyl groups is 1. The number of allylic oxidation sites excluding steroid dienone is 2. The maximum Gasteiger partial charge on any atom is 0.238 e. The van der Waals surface area contributed by atoms with E-state index in [2.05, 4.69) is 26.2 Å². The van der Waals surface area contributed by atoms with Crippen molar-refractivity contribution < 1.29 is 24.9 Å². The molecule has 6 rings (SSSR count). The second kappa shape index (κ2) is 15.3. The summed E-state index contributed by atoms with van der Waals surface area (Å²) in [5, 5.41) is 36.5. The summed E-state index contributed by atoms with van der Waals surface area (Å²) in [7, 11) is 0. The lowest BCUT2D eigenvalue weighted by atomic mass is 9.67. The first-order valence-electron chi connectivity index (χ1n) is 16.7. The molecule has 1 saturated heterocycles. The van der Waals surface area contributed by atoms with E-state index in [1.54, 1.807) is 30.5 Å². The monoisotopic (exact) mass is 721 g/mol. The number of carbonyl (C=O) groups excluding carboxylic acids is 2. The summed E-state index contributed by atoms with van der Waals surface area (Å²) in [5.41, 5.74) is 6.00. The SMILES string of the molecule is CCCC1=C([C@H](O)CC/C(=C/c2cc(Br)ccc2O)c2ccccn2)[C@H](CO)[C@@H]2C(=O)N(c3ccc(Nc4ccccc4)cc3)C(=O)[C@@H]2C1. The number of aromatic nitrogens is 1. The highest BCUT2D eigenvalue weighted by molar-refractivity contribution is 9.10. The van der Waals surface area contributed by atoms with Crippen molar-refractivity contribution >= 4 is 56.5 Å². The molecule has 252 valence electrons. The first-order chi connectivity index (χ1) is 23.8. The molecule has 0 unspecified atom stereocenters. The van der Waals surface area contributed by atoms with Crippen LogP contribution in [0.1, 0.15) is 50.3 Å². The van der Waals surface area contributed by atoms with Gasteiger partial charge in [-0.05, 0) is 110 Å². The molecule has 3 aromatic carbocycles. The van der Waals surface area contributed by atoms with Gasteiger partial charge in [-0.1, -0.05) is 59.1 Å². The molecule has 9 heteroatoms. The molecule has 1 aliphatic carbocycles. The fourth-order valence-electron chi connectivity index (χ4n) is 7.24. The Morgan fingerprint density at radius 2 is 1.73 bits per heavy atom. The predicted octanol–water partition coefficient (Wildman–Crippen LogP) is 7.89. The van der Waals surface area contributed by atoms with Gasteiger partial charge < -0.3 is 20.6 Å². The number of amides is 2. The van der Waals surface area contributed by atoms with E-state index >= 15 is 0 Å². The van der Waals surface area contributed by atoms with Crippen molar-refractivity contribution in [2.24, 2.45) is 17.8 Å². The first kappa shape index (κ1) is 34.3. The van der Waals surface area contributed by atoms with E-state index in [4.69, 9.17) is 0 Å². The minimum absolute atomic E-state index is 0.125. The Morgan fingerprint density at radius 3 is 2.43 bits per heavy atom. The molecule has 4 aromatic rings. The summed E-state index contributed by atoms with van der Waals surface area (Å²) < 4.78 is 0.818. The molecule has 1 fully saturated rings. The number of halogens is 1. The third-order valence-electron chi connectivity index (χ3n) is 9.48. The Kier molecular flexibility index (Phi) is 10.7. The standard InChI is InChI=1S/C40H40BrN3O5/c1-2-8-26-23-32-38(40(49)44(39(32)48)31-16-14-30(15-17-31)43-29-9-4-3-5-10-29)33(24-45)37(26)36(47)18-12-25(34-11-6-7-20-42-34)21-27-22-28(41)13-19-35(27)46/h3-7,9-11,13-17,19-22,32-33,36,38,43,45-47H,2,8,12,18,23-24H2,1H3/b25-21-/t32-,33+,36-,38-/m1/s1. The molecule has 2 aliphatic rings. The highest BCUT2D eigenvalue weighted by Gasteiger charge is 2.55. The average molecular weight is 723 g/mol. The van der Waals surface area contributed by atoms with Crippen molar-refractivity contribution in [2.45, 2.75) is 45.1 Å². The number of carbonyl (C=O) groups is 2. The minimum atomic E-state index is -0.955. The van der Waals surface area contributed by atoms with E-state index in [-0.39, 0.29) is 24.2 Å². The third kappa shape index (κ3) is 7.39. The summed E-state index contributed by atoms with van der Waals surface area (Å²) in [6, 6.07) is 27.7. The Morgan fingerprint density at radius 1 is 1.00 bits per heavy atom. The molecule has 1 aliphatic heterocycles. The number of rotatable bonds is 12. The number of nitrogens with zero attached hydrogens (tertiary/aromatic N) is 2. The largest absolute Gasteiger partial charge is 0.507 e. The van der Waals surface area contributed by atoms with Gasteiger partial charge in [0.05, 0.1) is 35.9 Å². The Labute approximate surface area is 295 Å². The lowest BCUT2D eigenvalue weighted by molar-refractivity contribution is -0.123. The fourth-order valence-corrected chi connectivity index (χ4v) is 7.62. The van der Waals surface area contributed by atoms with Gasteiger partial charge in [-0.15, -0.1) is 0 Å². The molecule has 4 atom stereocenters. The molecule has 0 spiro atoms. The first-order valence-corrected chi connectivity index (χ1v) is 17.5. The van der Waals surface area contributed by atoms with Crippen molar-refractivity contribution in [1.29, 1.82) is 0 Å². The number of nitrogens with one attached hydrogen (secondary N) is 1. The van der Waals surface area contributed by atoms with Crippen molar-refractivity contribution in [3.05, 3.63) is 124 Å². The second-order valence-corrected chi connectivity index (χ2v) is 13.5. The highest BCUT2D eigenvalue weighted by atomic mass is 79.9. The van der Waals surface area contributed by atoms with Crippen LogP contribution in [0, 0.1) is 17.8 Å². The van der Waals surface area contributed by atoms with Crippen LogP contribution >= 0.6 is 15.9 Å². The van der Waals surface area contributed by atoms with Crippen LogP contribution in [0.2, 0.25) is 0 Å². The van der Waals surface area contributed by atoms with E-state index in [1.165, 1.54) is 4.90 Å². The number of pyridine rings is 1. The van der Waals surface area contributed by atoms with Crippen LogP contribution in [0.3, 0.4) is 0 Å². The Bertz CT molecular complexity index is 1860. The summed E-state index contributed by atoms with van der Waals surface area (Å²) in [4.78, 5) is 33.8. The Balaban J connectivity index is 1.25. The number of benzene rings is 3. The molecule has 2 heterocycles. The maximum absolute atomic E-state index is 14.1. The number of aliphatic hydroxyl groups is 2. The van der Waals surface area contributed by atoms with Gasteiger partial charge in [0.1, 0.15) is 5.75 Å². The lowest BCUT2D eigenvalue weighted by Crippen LogP contribution is -2.39. The number of hydrogen-bond acceptors (Lipinski definition) is 7. The van der Waals surface area contributed by atoms with Crippen LogP contribution in [0.4, 0.5) is 17.1 Å². The van der Waals surface area contributed by atoms with Gasteiger partial charge in [-0.3, -0.25) is 19.5 Å². The van der Waals surface area contributed by atoms with Crippen molar-refractivity contribution in [3.8, 4) is 5.75 Å². The summed E-state index contributed by atoms with van der Waals surface area (Å²) in [6.07, 6.45) is 5.15. The van der Waals surface area contributed by atoms with E-state index in [1.807, 2.05) is 79.7 Å². The topological polar surface area (TPSA) is 123 Å². The smallest absolute Gasteiger partial charge is 0.238 e.